The van der Waals surface area contributed by atoms with Gasteiger partial charge in [-0.2, -0.15) is 0 Å². The number of aromatic nitrogens is 1. The highest BCUT2D eigenvalue weighted by atomic mass is 32.1. The van der Waals surface area contributed by atoms with Gasteiger partial charge in [-0.1, -0.05) is 13.8 Å². The average Bonchev–Trinajstić information content (AvgIpc) is 3.12. The van der Waals surface area contributed by atoms with Crippen LogP contribution in [0.3, 0.4) is 0 Å². The van der Waals surface area contributed by atoms with E-state index in [0.29, 0.717) is 29.6 Å². The van der Waals surface area contributed by atoms with Crippen LogP contribution in [0.15, 0.2) is 28.2 Å². The highest BCUT2D eigenvalue weighted by Crippen LogP contribution is 2.23. The summed E-state index contributed by atoms with van der Waals surface area (Å²) in [4.78, 5) is 27.5. The lowest BCUT2D eigenvalue weighted by atomic mass is 10.2. The molecule has 0 aromatic carbocycles. The molecular formula is C14H17N3O3S. The van der Waals surface area contributed by atoms with E-state index in [1.54, 1.807) is 23.8 Å². The van der Waals surface area contributed by atoms with Crippen molar-refractivity contribution in [3.63, 3.8) is 0 Å². The minimum absolute atomic E-state index is 0.0296. The fourth-order valence-corrected chi connectivity index (χ4v) is 2.31. The van der Waals surface area contributed by atoms with Gasteiger partial charge in [-0.25, -0.2) is 4.98 Å². The van der Waals surface area contributed by atoms with E-state index in [-0.39, 0.29) is 17.7 Å². The summed E-state index contributed by atoms with van der Waals surface area (Å²) >= 11 is 1.35. The van der Waals surface area contributed by atoms with E-state index in [1.165, 1.54) is 11.3 Å². The molecule has 0 bridgehead atoms. The third-order valence-corrected chi connectivity index (χ3v) is 3.56. The van der Waals surface area contributed by atoms with Crippen molar-refractivity contribution in [1.29, 1.82) is 0 Å². The van der Waals surface area contributed by atoms with Crippen molar-refractivity contribution in [1.82, 2.24) is 15.6 Å². The first-order valence-electron chi connectivity index (χ1n) is 6.63. The molecule has 0 aliphatic carbocycles. The van der Waals surface area contributed by atoms with Gasteiger partial charge >= 0.3 is 0 Å². The fraction of sp³-hybridized carbons (Fsp3) is 0.357. The molecule has 0 fully saturated rings. The zero-order valence-electron chi connectivity index (χ0n) is 11.9. The SMILES string of the molecule is CC(C)C(=O)NCCNC(=O)c1csc(-c2ccco2)n1. The molecule has 0 spiro atoms. The number of thiazole rings is 1. The first kappa shape index (κ1) is 15.2. The van der Waals surface area contributed by atoms with Crippen LogP contribution in [0.2, 0.25) is 0 Å². The Labute approximate surface area is 126 Å². The van der Waals surface area contributed by atoms with E-state index in [9.17, 15) is 9.59 Å². The highest BCUT2D eigenvalue weighted by molar-refractivity contribution is 7.13. The minimum atomic E-state index is -0.261. The van der Waals surface area contributed by atoms with Crippen LogP contribution in [0.5, 0.6) is 0 Å². The largest absolute Gasteiger partial charge is 0.462 e. The normalized spacial score (nSPS) is 10.6. The highest BCUT2D eigenvalue weighted by Gasteiger charge is 2.13. The van der Waals surface area contributed by atoms with Crippen LogP contribution in [-0.2, 0) is 4.79 Å². The van der Waals surface area contributed by atoms with Gasteiger partial charge in [0.25, 0.3) is 5.91 Å². The Kier molecular flexibility index (Phi) is 5.10. The summed E-state index contributed by atoms with van der Waals surface area (Å²) in [5, 5.41) is 7.79. The Morgan fingerprint density at radius 3 is 2.76 bits per heavy atom. The van der Waals surface area contributed by atoms with Crippen LogP contribution < -0.4 is 10.6 Å². The predicted octanol–water partition coefficient (Wildman–Crippen LogP) is 1.91. The van der Waals surface area contributed by atoms with E-state index in [2.05, 4.69) is 15.6 Å². The fourth-order valence-electron chi connectivity index (χ4n) is 1.55. The van der Waals surface area contributed by atoms with E-state index < -0.39 is 0 Å². The first-order chi connectivity index (χ1) is 10.1. The molecule has 2 N–H and O–H groups in total. The molecular weight excluding hydrogens is 290 g/mol. The maximum atomic E-state index is 11.9. The molecule has 7 heteroatoms. The van der Waals surface area contributed by atoms with Gasteiger partial charge < -0.3 is 15.1 Å². The average molecular weight is 307 g/mol. The number of carbonyl (C=O) groups is 2. The molecule has 2 aromatic heterocycles. The Morgan fingerprint density at radius 2 is 2.10 bits per heavy atom. The topological polar surface area (TPSA) is 84.2 Å². The number of furan rings is 1. The van der Waals surface area contributed by atoms with Crippen LogP contribution in [-0.4, -0.2) is 29.9 Å². The van der Waals surface area contributed by atoms with Crippen LogP contribution in [0.4, 0.5) is 0 Å². The van der Waals surface area contributed by atoms with Gasteiger partial charge in [-0.05, 0) is 12.1 Å². The molecule has 0 radical (unpaired) electrons. The molecule has 6 nitrogen and oxygen atoms in total. The maximum absolute atomic E-state index is 11.9. The lowest BCUT2D eigenvalue weighted by Crippen LogP contribution is -2.36. The standard InChI is InChI=1S/C14H17N3O3S/c1-9(2)12(18)15-5-6-16-13(19)10-8-21-14(17-10)11-4-3-7-20-11/h3-4,7-9H,5-6H2,1-2H3,(H,15,18)(H,16,19). The number of hydrogen-bond acceptors (Lipinski definition) is 5. The van der Waals surface area contributed by atoms with E-state index in [1.807, 2.05) is 13.8 Å². The second kappa shape index (κ2) is 7.03. The van der Waals surface area contributed by atoms with Crippen LogP contribution >= 0.6 is 11.3 Å². The van der Waals surface area contributed by atoms with Gasteiger partial charge in [0.2, 0.25) is 5.91 Å². The number of hydrogen-bond donors (Lipinski definition) is 2. The molecule has 0 unspecified atom stereocenters. The monoisotopic (exact) mass is 307 g/mol. The first-order valence-corrected chi connectivity index (χ1v) is 7.51. The smallest absolute Gasteiger partial charge is 0.270 e. The Bertz CT molecular complexity index is 605. The lowest BCUT2D eigenvalue weighted by molar-refractivity contribution is -0.123. The molecule has 0 aliphatic rings. The molecule has 0 saturated heterocycles. The third-order valence-electron chi connectivity index (χ3n) is 2.70. The van der Waals surface area contributed by atoms with Crippen molar-refractivity contribution in [2.75, 3.05) is 13.1 Å². The van der Waals surface area contributed by atoms with Crippen molar-refractivity contribution >= 4 is 23.2 Å². The molecule has 0 aliphatic heterocycles. The Hall–Kier alpha value is -2.15. The summed E-state index contributed by atoms with van der Waals surface area (Å²) in [6.45, 7) is 4.40. The predicted molar refractivity (Wildman–Crippen MR) is 80.0 cm³/mol. The van der Waals surface area contributed by atoms with E-state index in [4.69, 9.17) is 4.42 Å². The van der Waals surface area contributed by atoms with Crippen LogP contribution in [0, 0.1) is 5.92 Å². The van der Waals surface area contributed by atoms with E-state index in [0.717, 1.165) is 0 Å². The number of nitrogens with zero attached hydrogens (tertiary/aromatic N) is 1. The summed E-state index contributed by atoms with van der Waals surface area (Å²) in [6, 6.07) is 3.57. The van der Waals surface area contributed by atoms with Crippen LogP contribution in [0.1, 0.15) is 24.3 Å². The second-order valence-electron chi connectivity index (χ2n) is 4.72. The van der Waals surface area contributed by atoms with Gasteiger partial charge in [0.05, 0.1) is 6.26 Å². The van der Waals surface area contributed by atoms with E-state index >= 15 is 0 Å². The minimum Gasteiger partial charge on any atom is -0.462 e. The number of rotatable bonds is 6. The van der Waals surface area contributed by atoms with Crippen molar-refractivity contribution in [3.8, 4) is 10.8 Å². The molecule has 2 aromatic rings. The van der Waals surface area contributed by atoms with Crippen LogP contribution in [0.25, 0.3) is 10.8 Å². The summed E-state index contributed by atoms with van der Waals surface area (Å²) < 4.78 is 5.23. The lowest BCUT2D eigenvalue weighted by Gasteiger charge is -2.07. The van der Waals surface area contributed by atoms with Crippen molar-refractivity contribution in [2.24, 2.45) is 5.92 Å². The molecule has 2 heterocycles. The molecule has 0 saturated carbocycles. The Balaban J connectivity index is 1.80. The molecule has 2 amide bonds. The number of amides is 2. The summed E-state index contributed by atoms with van der Waals surface area (Å²) in [6.07, 6.45) is 1.56. The maximum Gasteiger partial charge on any atom is 0.270 e. The molecule has 21 heavy (non-hydrogen) atoms. The van der Waals surface area contributed by atoms with Gasteiger partial charge in [0.15, 0.2) is 10.8 Å². The second-order valence-corrected chi connectivity index (χ2v) is 5.57. The zero-order chi connectivity index (χ0) is 15.2. The summed E-state index contributed by atoms with van der Waals surface area (Å²) in [7, 11) is 0. The van der Waals surface area contributed by atoms with Gasteiger partial charge in [-0.15, -0.1) is 11.3 Å². The van der Waals surface area contributed by atoms with Crippen molar-refractivity contribution in [2.45, 2.75) is 13.8 Å². The van der Waals surface area contributed by atoms with Gasteiger partial charge in [0, 0.05) is 24.4 Å². The molecule has 2 rings (SSSR count). The third kappa shape index (κ3) is 4.16. The number of carbonyl (C=O) groups excluding carboxylic acids is 2. The quantitative estimate of drug-likeness (QED) is 0.798. The van der Waals surface area contributed by atoms with Crippen molar-refractivity contribution in [3.05, 3.63) is 29.5 Å². The summed E-state index contributed by atoms with van der Waals surface area (Å²) in [5.74, 6) is 0.291. The van der Waals surface area contributed by atoms with Crippen molar-refractivity contribution < 1.29 is 14.0 Å². The Morgan fingerprint density at radius 1 is 1.33 bits per heavy atom. The molecule has 0 atom stereocenters. The summed E-state index contributed by atoms with van der Waals surface area (Å²) in [5.41, 5.74) is 0.349. The van der Waals surface area contributed by atoms with Gasteiger partial charge in [0.1, 0.15) is 5.69 Å². The zero-order valence-corrected chi connectivity index (χ0v) is 12.7. The molecule has 112 valence electrons. The number of nitrogens with one attached hydrogen (secondary N) is 2. The van der Waals surface area contributed by atoms with Gasteiger partial charge in [-0.3, -0.25) is 9.59 Å².